The first-order valence-electron chi connectivity index (χ1n) is 5.60. The first-order valence-corrected chi connectivity index (χ1v) is 7.31. The van der Waals surface area contributed by atoms with Gasteiger partial charge in [-0.3, -0.25) is 9.59 Å². The summed E-state index contributed by atoms with van der Waals surface area (Å²) in [7, 11) is -3.88. The lowest BCUT2D eigenvalue weighted by molar-refractivity contribution is -0.117. The number of carbonyl (C=O) groups excluding carboxylic acids is 2. The predicted molar refractivity (Wildman–Crippen MR) is 72.3 cm³/mol. The standard InChI is InChI=1S/C12H16N2O4S/c1-8-4-3-5-10(6-8)14-11(15)7-19(17,18)9(2)12(13)16/h3-6,9H,7H2,1-2H3,(H2,13,16)(H,14,15). The molecule has 1 rings (SSSR count). The Morgan fingerprint density at radius 2 is 2.00 bits per heavy atom. The predicted octanol–water partition coefficient (Wildman–Crippen LogP) is 0.222. The first kappa shape index (κ1) is 15.2. The van der Waals surface area contributed by atoms with E-state index in [4.69, 9.17) is 5.73 Å². The van der Waals surface area contributed by atoms with Crippen LogP contribution in [-0.4, -0.2) is 31.2 Å². The van der Waals surface area contributed by atoms with Crippen LogP contribution in [0, 0.1) is 6.92 Å². The number of benzene rings is 1. The van der Waals surface area contributed by atoms with Gasteiger partial charge in [-0.1, -0.05) is 12.1 Å². The van der Waals surface area contributed by atoms with E-state index in [0.29, 0.717) is 5.69 Å². The van der Waals surface area contributed by atoms with Gasteiger partial charge in [-0.25, -0.2) is 8.42 Å². The second kappa shape index (κ2) is 5.83. The first-order chi connectivity index (χ1) is 8.72. The molecule has 0 spiro atoms. The molecule has 0 aliphatic heterocycles. The fourth-order valence-corrected chi connectivity index (χ4v) is 2.45. The summed E-state index contributed by atoms with van der Waals surface area (Å²) in [6.07, 6.45) is 0. The molecule has 0 aromatic heterocycles. The Labute approximate surface area is 111 Å². The van der Waals surface area contributed by atoms with Crippen molar-refractivity contribution >= 4 is 27.3 Å². The second-order valence-corrected chi connectivity index (χ2v) is 6.59. The number of hydrogen-bond donors (Lipinski definition) is 2. The molecule has 1 aromatic carbocycles. The highest BCUT2D eigenvalue weighted by molar-refractivity contribution is 7.93. The summed E-state index contributed by atoms with van der Waals surface area (Å²) < 4.78 is 23.4. The minimum atomic E-state index is -3.88. The van der Waals surface area contributed by atoms with Crippen molar-refractivity contribution in [1.29, 1.82) is 0 Å². The zero-order chi connectivity index (χ0) is 14.6. The minimum Gasteiger partial charge on any atom is -0.369 e. The molecule has 0 aliphatic rings. The van der Waals surface area contributed by atoms with Crippen LogP contribution >= 0.6 is 0 Å². The third kappa shape index (κ3) is 4.36. The van der Waals surface area contributed by atoms with Gasteiger partial charge in [0.25, 0.3) is 0 Å². The number of amides is 2. The number of rotatable bonds is 5. The zero-order valence-electron chi connectivity index (χ0n) is 10.7. The van der Waals surface area contributed by atoms with E-state index in [2.05, 4.69) is 5.32 Å². The Morgan fingerprint density at radius 1 is 1.37 bits per heavy atom. The monoisotopic (exact) mass is 284 g/mol. The lowest BCUT2D eigenvalue weighted by Gasteiger charge is -2.10. The fraction of sp³-hybridized carbons (Fsp3) is 0.333. The molecule has 1 atom stereocenters. The van der Waals surface area contributed by atoms with E-state index >= 15 is 0 Å². The summed E-state index contributed by atoms with van der Waals surface area (Å²) in [5.74, 6) is -2.44. The van der Waals surface area contributed by atoms with Gasteiger partial charge in [-0.05, 0) is 31.5 Å². The van der Waals surface area contributed by atoms with Crippen LogP contribution in [0.2, 0.25) is 0 Å². The average molecular weight is 284 g/mol. The van der Waals surface area contributed by atoms with Gasteiger partial charge in [-0.15, -0.1) is 0 Å². The number of primary amides is 1. The van der Waals surface area contributed by atoms with Crippen molar-refractivity contribution in [3.63, 3.8) is 0 Å². The van der Waals surface area contributed by atoms with Crippen LogP contribution in [0.5, 0.6) is 0 Å². The molecule has 0 fully saturated rings. The van der Waals surface area contributed by atoms with Gasteiger partial charge in [0.15, 0.2) is 9.84 Å². The molecule has 3 N–H and O–H groups in total. The largest absolute Gasteiger partial charge is 0.369 e. The molecule has 19 heavy (non-hydrogen) atoms. The number of aryl methyl sites for hydroxylation is 1. The van der Waals surface area contributed by atoms with Crippen molar-refractivity contribution < 1.29 is 18.0 Å². The molecule has 1 aromatic rings. The number of sulfone groups is 1. The number of nitrogens with two attached hydrogens (primary N) is 1. The van der Waals surface area contributed by atoms with Gasteiger partial charge in [0.2, 0.25) is 11.8 Å². The van der Waals surface area contributed by atoms with Crippen LogP contribution in [0.3, 0.4) is 0 Å². The van der Waals surface area contributed by atoms with E-state index in [-0.39, 0.29) is 0 Å². The Morgan fingerprint density at radius 3 is 2.53 bits per heavy atom. The maximum absolute atomic E-state index is 11.7. The van der Waals surface area contributed by atoms with E-state index in [9.17, 15) is 18.0 Å². The minimum absolute atomic E-state index is 0.506. The van der Waals surface area contributed by atoms with Gasteiger partial charge >= 0.3 is 0 Å². The lowest BCUT2D eigenvalue weighted by Crippen LogP contribution is -2.37. The Kier molecular flexibility index (Phi) is 4.66. The molecule has 0 saturated carbocycles. The third-order valence-corrected chi connectivity index (χ3v) is 4.55. The molecule has 0 aliphatic carbocycles. The molecule has 0 bridgehead atoms. The average Bonchev–Trinajstić information content (AvgIpc) is 2.26. The highest BCUT2D eigenvalue weighted by atomic mass is 32.2. The number of carbonyl (C=O) groups is 2. The molecule has 1 unspecified atom stereocenters. The van der Waals surface area contributed by atoms with E-state index in [1.165, 1.54) is 0 Å². The zero-order valence-corrected chi connectivity index (χ0v) is 11.5. The second-order valence-electron chi connectivity index (χ2n) is 4.27. The topological polar surface area (TPSA) is 106 Å². The van der Waals surface area contributed by atoms with Crippen molar-refractivity contribution in [3.05, 3.63) is 29.8 Å². The maximum Gasteiger partial charge on any atom is 0.239 e. The van der Waals surface area contributed by atoms with Crippen LogP contribution in [-0.2, 0) is 19.4 Å². The highest BCUT2D eigenvalue weighted by Gasteiger charge is 2.28. The SMILES string of the molecule is Cc1cccc(NC(=O)CS(=O)(=O)C(C)C(N)=O)c1. The number of anilines is 1. The van der Waals surface area contributed by atoms with Gasteiger partial charge < -0.3 is 11.1 Å². The van der Waals surface area contributed by atoms with Crippen LogP contribution in [0.15, 0.2) is 24.3 Å². The quantitative estimate of drug-likeness (QED) is 0.806. The summed E-state index contributed by atoms with van der Waals surface area (Å²) in [4.78, 5) is 22.5. The molecule has 0 radical (unpaired) electrons. The Hall–Kier alpha value is -1.89. The van der Waals surface area contributed by atoms with E-state index in [0.717, 1.165) is 12.5 Å². The van der Waals surface area contributed by atoms with E-state index in [1.54, 1.807) is 18.2 Å². The van der Waals surface area contributed by atoms with Crippen LogP contribution in [0.4, 0.5) is 5.69 Å². The third-order valence-electron chi connectivity index (χ3n) is 2.57. The van der Waals surface area contributed by atoms with Crippen LogP contribution < -0.4 is 11.1 Å². The van der Waals surface area contributed by atoms with Gasteiger partial charge in [0.1, 0.15) is 11.0 Å². The normalized spacial score (nSPS) is 12.7. The van der Waals surface area contributed by atoms with Crippen LogP contribution in [0.1, 0.15) is 12.5 Å². The smallest absolute Gasteiger partial charge is 0.239 e. The van der Waals surface area contributed by atoms with Crippen LogP contribution in [0.25, 0.3) is 0 Å². The molecular weight excluding hydrogens is 268 g/mol. The molecule has 0 heterocycles. The molecule has 6 nitrogen and oxygen atoms in total. The van der Waals surface area contributed by atoms with Crippen molar-refractivity contribution in [1.82, 2.24) is 0 Å². The van der Waals surface area contributed by atoms with Gasteiger partial charge in [0.05, 0.1) is 0 Å². The molecule has 2 amide bonds. The molecule has 0 saturated heterocycles. The fourth-order valence-electron chi connectivity index (χ4n) is 1.40. The van der Waals surface area contributed by atoms with Crippen molar-refractivity contribution in [2.24, 2.45) is 5.73 Å². The van der Waals surface area contributed by atoms with Crippen molar-refractivity contribution in [3.8, 4) is 0 Å². The van der Waals surface area contributed by atoms with Crippen molar-refractivity contribution in [2.75, 3.05) is 11.1 Å². The lowest BCUT2D eigenvalue weighted by atomic mass is 10.2. The highest BCUT2D eigenvalue weighted by Crippen LogP contribution is 2.10. The van der Waals surface area contributed by atoms with Gasteiger partial charge in [0, 0.05) is 5.69 Å². The maximum atomic E-state index is 11.7. The Balaban J connectivity index is 2.73. The molecule has 104 valence electrons. The van der Waals surface area contributed by atoms with Crippen molar-refractivity contribution in [2.45, 2.75) is 19.1 Å². The summed E-state index contributed by atoms with van der Waals surface area (Å²) >= 11 is 0. The van der Waals surface area contributed by atoms with E-state index < -0.39 is 32.7 Å². The number of hydrogen-bond acceptors (Lipinski definition) is 4. The molecular formula is C12H16N2O4S. The van der Waals surface area contributed by atoms with Gasteiger partial charge in [-0.2, -0.15) is 0 Å². The number of nitrogens with one attached hydrogen (secondary N) is 1. The molecule has 7 heteroatoms. The summed E-state index contributed by atoms with van der Waals surface area (Å²) in [6, 6.07) is 6.95. The summed E-state index contributed by atoms with van der Waals surface area (Å²) in [5, 5.41) is 1.08. The van der Waals surface area contributed by atoms with E-state index in [1.807, 2.05) is 13.0 Å². The summed E-state index contributed by atoms with van der Waals surface area (Å²) in [5.41, 5.74) is 6.36. The summed E-state index contributed by atoms with van der Waals surface area (Å²) in [6.45, 7) is 3.01. The Bertz CT molecular complexity index is 596.